The van der Waals surface area contributed by atoms with Crippen molar-refractivity contribution in [2.24, 2.45) is 0 Å². The van der Waals surface area contributed by atoms with Crippen LogP contribution in [0.4, 0.5) is 0 Å². The molecule has 7 heteroatoms. The van der Waals surface area contributed by atoms with Gasteiger partial charge in [0.05, 0.1) is 3.79 Å². The van der Waals surface area contributed by atoms with Gasteiger partial charge >= 0.3 is 0 Å². The van der Waals surface area contributed by atoms with Gasteiger partial charge in [0, 0.05) is 19.1 Å². The molecule has 0 saturated heterocycles. The summed E-state index contributed by atoms with van der Waals surface area (Å²) in [5, 5.41) is 0. The third-order valence-electron chi connectivity index (χ3n) is 3.03. The summed E-state index contributed by atoms with van der Waals surface area (Å²) in [5.74, 6) is 0. The van der Waals surface area contributed by atoms with Gasteiger partial charge in [0.15, 0.2) is 0 Å². The fraction of sp³-hybridized carbons (Fsp3) is 0.636. The number of halogens is 1. The first-order chi connectivity index (χ1) is 8.40. The lowest BCUT2D eigenvalue weighted by Gasteiger charge is -2.15. The number of nitrogens with zero attached hydrogens (tertiary/aromatic N) is 1. The Hall–Kier alpha value is 0.0500. The van der Waals surface area contributed by atoms with Gasteiger partial charge in [-0.25, -0.2) is 13.1 Å². The standard InChI is InChI=1S/C11H17BrN2O2S2/c1-8-7-10(17-11(8)12)18(15,16)13-5-6-14(2)9-3-4-9/h7,9,13H,3-6H2,1-2H3. The highest BCUT2D eigenvalue weighted by molar-refractivity contribution is 9.11. The number of hydrogen-bond acceptors (Lipinski definition) is 4. The molecule has 18 heavy (non-hydrogen) atoms. The first-order valence-electron chi connectivity index (χ1n) is 5.86. The Bertz CT molecular complexity index is 504. The lowest BCUT2D eigenvalue weighted by Crippen LogP contribution is -2.33. The van der Waals surface area contributed by atoms with Gasteiger partial charge in [-0.05, 0) is 54.4 Å². The number of hydrogen-bond donors (Lipinski definition) is 1. The Morgan fingerprint density at radius 2 is 2.22 bits per heavy atom. The van der Waals surface area contributed by atoms with Crippen LogP contribution >= 0.6 is 27.3 Å². The summed E-state index contributed by atoms with van der Waals surface area (Å²) in [6.07, 6.45) is 2.47. The molecule has 0 atom stereocenters. The summed E-state index contributed by atoms with van der Waals surface area (Å²) < 4.78 is 27.9. The summed E-state index contributed by atoms with van der Waals surface area (Å²) in [6, 6.07) is 2.36. The number of nitrogens with one attached hydrogen (secondary N) is 1. The van der Waals surface area contributed by atoms with Crippen molar-refractivity contribution in [1.82, 2.24) is 9.62 Å². The molecule has 1 aliphatic carbocycles. The van der Waals surface area contributed by atoms with Crippen molar-refractivity contribution in [2.75, 3.05) is 20.1 Å². The zero-order valence-electron chi connectivity index (χ0n) is 10.4. The lowest BCUT2D eigenvalue weighted by atomic mass is 10.4. The maximum Gasteiger partial charge on any atom is 0.250 e. The lowest BCUT2D eigenvalue weighted by molar-refractivity contribution is 0.329. The molecule has 0 aliphatic heterocycles. The zero-order chi connectivity index (χ0) is 13.3. The second-order valence-corrected chi connectivity index (χ2v) is 9.00. The predicted molar refractivity (Wildman–Crippen MR) is 77.6 cm³/mol. The maximum atomic E-state index is 12.0. The Labute approximate surface area is 121 Å². The molecule has 1 N–H and O–H groups in total. The molecule has 0 amide bonds. The van der Waals surface area contributed by atoms with Gasteiger partial charge in [0.2, 0.25) is 10.0 Å². The van der Waals surface area contributed by atoms with E-state index in [1.807, 2.05) is 14.0 Å². The van der Waals surface area contributed by atoms with E-state index in [1.54, 1.807) is 6.07 Å². The van der Waals surface area contributed by atoms with E-state index in [0.717, 1.165) is 15.9 Å². The summed E-state index contributed by atoms with van der Waals surface area (Å²) in [7, 11) is -1.31. The second kappa shape index (κ2) is 5.58. The molecule has 4 nitrogen and oxygen atoms in total. The number of aryl methyl sites for hydroxylation is 1. The second-order valence-electron chi connectivity index (χ2n) is 4.63. The van der Waals surface area contributed by atoms with E-state index in [0.29, 0.717) is 16.8 Å². The van der Waals surface area contributed by atoms with Crippen LogP contribution in [0.1, 0.15) is 18.4 Å². The molecule has 1 aliphatic rings. The molecular formula is C11H17BrN2O2S2. The Balaban J connectivity index is 1.90. The number of thiophene rings is 1. The predicted octanol–water partition coefficient (Wildman–Crippen LogP) is 2.19. The van der Waals surface area contributed by atoms with Crippen molar-refractivity contribution in [3.63, 3.8) is 0 Å². The number of sulfonamides is 1. The minimum Gasteiger partial charge on any atom is -0.302 e. The molecule has 0 aromatic carbocycles. The first kappa shape index (κ1) is 14.5. The van der Waals surface area contributed by atoms with Crippen molar-refractivity contribution in [3.05, 3.63) is 15.4 Å². The van der Waals surface area contributed by atoms with Gasteiger partial charge in [-0.2, -0.15) is 0 Å². The highest BCUT2D eigenvalue weighted by Gasteiger charge is 2.26. The molecule has 1 aromatic heterocycles. The highest BCUT2D eigenvalue weighted by atomic mass is 79.9. The van der Waals surface area contributed by atoms with Crippen molar-refractivity contribution in [3.8, 4) is 0 Å². The monoisotopic (exact) mass is 352 g/mol. The molecule has 0 unspecified atom stereocenters. The number of rotatable bonds is 6. The van der Waals surface area contributed by atoms with E-state index >= 15 is 0 Å². The Kier molecular flexibility index (Phi) is 4.48. The van der Waals surface area contributed by atoms with Crippen LogP contribution in [0.15, 0.2) is 14.1 Å². The van der Waals surface area contributed by atoms with E-state index in [2.05, 4.69) is 25.6 Å². The summed E-state index contributed by atoms with van der Waals surface area (Å²) in [6.45, 7) is 3.11. The van der Waals surface area contributed by atoms with Crippen LogP contribution in [-0.2, 0) is 10.0 Å². The summed E-state index contributed by atoms with van der Waals surface area (Å²) in [5.41, 5.74) is 0.954. The Morgan fingerprint density at radius 3 is 2.72 bits per heavy atom. The van der Waals surface area contributed by atoms with Crippen LogP contribution < -0.4 is 4.72 Å². The van der Waals surface area contributed by atoms with Crippen molar-refractivity contribution < 1.29 is 8.42 Å². The van der Waals surface area contributed by atoms with Gasteiger partial charge in [0.1, 0.15) is 4.21 Å². The quantitative estimate of drug-likeness (QED) is 0.853. The van der Waals surface area contributed by atoms with Crippen molar-refractivity contribution >= 4 is 37.3 Å². The van der Waals surface area contributed by atoms with Gasteiger partial charge in [-0.3, -0.25) is 0 Å². The molecule has 0 radical (unpaired) electrons. The number of likely N-dealkylation sites (N-methyl/N-ethyl adjacent to an activating group) is 1. The minimum absolute atomic E-state index is 0.376. The Morgan fingerprint density at radius 1 is 1.56 bits per heavy atom. The smallest absolute Gasteiger partial charge is 0.250 e. The minimum atomic E-state index is -3.35. The fourth-order valence-electron chi connectivity index (χ4n) is 1.69. The van der Waals surface area contributed by atoms with Gasteiger partial charge in [-0.15, -0.1) is 11.3 Å². The molecule has 2 rings (SSSR count). The molecule has 0 spiro atoms. The summed E-state index contributed by atoms with van der Waals surface area (Å²) >= 11 is 4.60. The average molecular weight is 353 g/mol. The molecule has 1 aromatic rings. The van der Waals surface area contributed by atoms with E-state index in [1.165, 1.54) is 24.2 Å². The van der Waals surface area contributed by atoms with Crippen molar-refractivity contribution in [1.29, 1.82) is 0 Å². The van der Waals surface area contributed by atoms with Crippen molar-refractivity contribution in [2.45, 2.75) is 30.0 Å². The maximum absolute atomic E-state index is 12.0. The topological polar surface area (TPSA) is 49.4 Å². The average Bonchev–Trinajstić information content (AvgIpc) is 3.06. The third-order valence-corrected chi connectivity index (χ3v) is 7.10. The van der Waals surface area contributed by atoms with E-state index in [4.69, 9.17) is 0 Å². The zero-order valence-corrected chi connectivity index (χ0v) is 13.7. The van der Waals surface area contributed by atoms with Crippen LogP contribution in [-0.4, -0.2) is 39.5 Å². The molecule has 102 valence electrons. The third kappa shape index (κ3) is 3.54. The van der Waals surface area contributed by atoms with E-state index in [-0.39, 0.29) is 0 Å². The largest absolute Gasteiger partial charge is 0.302 e. The van der Waals surface area contributed by atoms with E-state index in [9.17, 15) is 8.42 Å². The van der Waals surface area contributed by atoms with Crippen LogP contribution in [0, 0.1) is 6.92 Å². The molecule has 1 fully saturated rings. The molecular weight excluding hydrogens is 336 g/mol. The van der Waals surface area contributed by atoms with Gasteiger partial charge in [0.25, 0.3) is 0 Å². The normalized spacial score (nSPS) is 16.4. The molecule has 1 saturated carbocycles. The van der Waals surface area contributed by atoms with Crippen LogP contribution in [0.5, 0.6) is 0 Å². The van der Waals surface area contributed by atoms with Gasteiger partial charge in [-0.1, -0.05) is 0 Å². The molecule has 1 heterocycles. The van der Waals surface area contributed by atoms with Crippen LogP contribution in [0.3, 0.4) is 0 Å². The SMILES string of the molecule is Cc1cc(S(=O)(=O)NCCN(C)C2CC2)sc1Br. The van der Waals surface area contributed by atoms with E-state index < -0.39 is 10.0 Å². The first-order valence-corrected chi connectivity index (χ1v) is 8.95. The van der Waals surface area contributed by atoms with Crippen LogP contribution in [0.2, 0.25) is 0 Å². The highest BCUT2D eigenvalue weighted by Crippen LogP contribution is 2.30. The van der Waals surface area contributed by atoms with Crippen LogP contribution in [0.25, 0.3) is 0 Å². The fourth-order valence-corrected chi connectivity index (χ4v) is 4.98. The van der Waals surface area contributed by atoms with Gasteiger partial charge < -0.3 is 4.90 Å². The summed E-state index contributed by atoms with van der Waals surface area (Å²) in [4.78, 5) is 2.21. The molecule has 0 bridgehead atoms.